The van der Waals surface area contributed by atoms with E-state index in [9.17, 15) is 9.59 Å². The molecule has 8 nitrogen and oxygen atoms in total. The zero-order chi connectivity index (χ0) is 27.9. The van der Waals surface area contributed by atoms with E-state index in [1.54, 1.807) is 6.07 Å². The molecule has 0 aliphatic rings. The Morgan fingerprint density at radius 2 is 1.47 bits per heavy atom. The number of likely N-dealkylation sites (N-methyl/N-ethyl adjacent to an activating group) is 3. The van der Waals surface area contributed by atoms with Crippen molar-refractivity contribution in [1.29, 1.82) is 0 Å². The number of hydrogen-bond acceptors (Lipinski definition) is 6. The molecule has 38 heavy (non-hydrogen) atoms. The third-order valence-corrected chi connectivity index (χ3v) is 7.03. The van der Waals surface area contributed by atoms with Crippen molar-refractivity contribution >= 4 is 11.9 Å². The molecule has 0 fully saturated rings. The monoisotopic (exact) mass is 526 g/mol. The second-order valence-electron chi connectivity index (χ2n) is 9.26. The number of nitrogens with one attached hydrogen (secondary N) is 1. The highest BCUT2D eigenvalue weighted by molar-refractivity contribution is 5.99. The first-order chi connectivity index (χ1) is 18.4. The highest BCUT2D eigenvalue weighted by Crippen LogP contribution is 2.27. The lowest BCUT2D eigenvalue weighted by Crippen LogP contribution is -2.48. The molecule has 210 valence electrons. The van der Waals surface area contributed by atoms with E-state index < -0.39 is 18.4 Å². The van der Waals surface area contributed by atoms with Crippen LogP contribution in [0.1, 0.15) is 45.0 Å². The Labute approximate surface area is 228 Å². The predicted octanol–water partition coefficient (Wildman–Crippen LogP) is 3.92. The largest absolute Gasteiger partial charge is 0.491 e. The van der Waals surface area contributed by atoms with Crippen LogP contribution in [0, 0.1) is 0 Å². The summed E-state index contributed by atoms with van der Waals surface area (Å²) < 4.78 is 6.33. The summed E-state index contributed by atoms with van der Waals surface area (Å²) in [6.45, 7) is 18.6. The van der Waals surface area contributed by atoms with E-state index in [0.717, 1.165) is 63.5 Å². The summed E-state index contributed by atoms with van der Waals surface area (Å²) in [5.41, 5.74) is 2.17. The van der Waals surface area contributed by atoms with Crippen molar-refractivity contribution < 1.29 is 19.4 Å². The van der Waals surface area contributed by atoms with Gasteiger partial charge in [0.2, 0.25) is 0 Å². The van der Waals surface area contributed by atoms with Crippen molar-refractivity contribution in [1.82, 2.24) is 20.0 Å². The van der Waals surface area contributed by atoms with Crippen LogP contribution in [0.4, 0.5) is 0 Å². The van der Waals surface area contributed by atoms with Gasteiger partial charge in [0, 0.05) is 19.6 Å². The van der Waals surface area contributed by atoms with Crippen LogP contribution in [-0.2, 0) is 4.79 Å². The van der Waals surface area contributed by atoms with Crippen molar-refractivity contribution in [2.45, 2.75) is 40.7 Å². The summed E-state index contributed by atoms with van der Waals surface area (Å²) in [5.74, 6) is -1.10. The Hall–Kier alpha value is -2.94. The highest BCUT2D eigenvalue weighted by Gasteiger charge is 2.22. The molecule has 0 saturated heterocycles. The van der Waals surface area contributed by atoms with Crippen molar-refractivity contribution in [3.8, 4) is 16.9 Å². The first kappa shape index (κ1) is 31.3. The van der Waals surface area contributed by atoms with Gasteiger partial charge in [-0.05, 0) is 56.0 Å². The molecule has 2 rings (SSSR count). The minimum absolute atomic E-state index is 0.144. The first-order valence-corrected chi connectivity index (χ1v) is 13.9. The van der Waals surface area contributed by atoms with E-state index in [0.29, 0.717) is 17.9 Å². The average Bonchev–Trinajstić information content (AvgIpc) is 2.95. The van der Waals surface area contributed by atoms with Gasteiger partial charge in [0.05, 0.1) is 11.6 Å². The van der Waals surface area contributed by atoms with E-state index >= 15 is 0 Å². The number of rotatable bonds is 18. The van der Waals surface area contributed by atoms with Gasteiger partial charge in [-0.25, -0.2) is 0 Å². The number of nitrogens with zero attached hydrogens (tertiary/aromatic N) is 3. The maximum absolute atomic E-state index is 13.0. The summed E-state index contributed by atoms with van der Waals surface area (Å²) >= 11 is 0. The van der Waals surface area contributed by atoms with Gasteiger partial charge < -0.3 is 25.0 Å². The van der Waals surface area contributed by atoms with E-state index in [-0.39, 0.29) is 6.04 Å². The maximum Gasteiger partial charge on any atom is 0.322 e. The molecular weight excluding hydrogens is 480 g/mol. The van der Waals surface area contributed by atoms with Crippen molar-refractivity contribution in [3.63, 3.8) is 0 Å². The summed E-state index contributed by atoms with van der Waals surface area (Å²) in [7, 11) is 0. The van der Waals surface area contributed by atoms with Gasteiger partial charge in [-0.15, -0.1) is 0 Å². The maximum atomic E-state index is 13.0. The van der Waals surface area contributed by atoms with Crippen LogP contribution >= 0.6 is 0 Å². The van der Waals surface area contributed by atoms with Gasteiger partial charge in [-0.3, -0.25) is 14.5 Å². The molecule has 0 bridgehead atoms. The fraction of sp³-hybridized carbons (Fsp3) is 0.533. The summed E-state index contributed by atoms with van der Waals surface area (Å²) in [5, 5.41) is 11.5. The lowest BCUT2D eigenvalue weighted by Gasteiger charge is -2.34. The van der Waals surface area contributed by atoms with E-state index in [1.165, 1.54) is 0 Å². The van der Waals surface area contributed by atoms with E-state index in [2.05, 4.69) is 54.6 Å². The summed E-state index contributed by atoms with van der Waals surface area (Å²) in [6.07, 6.45) is 0. The van der Waals surface area contributed by atoms with Gasteiger partial charge >= 0.3 is 5.97 Å². The molecule has 0 aromatic heterocycles. The Morgan fingerprint density at radius 1 is 0.842 bits per heavy atom. The molecule has 0 heterocycles. The van der Waals surface area contributed by atoms with Gasteiger partial charge in [0.15, 0.2) is 0 Å². The third-order valence-electron chi connectivity index (χ3n) is 7.03. The molecule has 1 unspecified atom stereocenters. The van der Waals surface area contributed by atoms with Crippen LogP contribution in [0.25, 0.3) is 11.1 Å². The molecule has 8 heteroatoms. The predicted molar refractivity (Wildman–Crippen MR) is 154 cm³/mol. The van der Waals surface area contributed by atoms with Crippen LogP contribution in [0.5, 0.6) is 5.75 Å². The molecule has 0 aliphatic heterocycles. The highest BCUT2D eigenvalue weighted by atomic mass is 16.5. The fourth-order valence-corrected chi connectivity index (χ4v) is 4.59. The van der Waals surface area contributed by atoms with Gasteiger partial charge in [0.25, 0.3) is 5.91 Å². The number of carboxylic acids is 1. The number of amides is 1. The number of carbonyl (C=O) groups excluding carboxylic acids is 1. The molecule has 2 N–H and O–H groups in total. The lowest BCUT2D eigenvalue weighted by molar-refractivity contribution is -0.135. The third kappa shape index (κ3) is 9.74. The first-order valence-electron chi connectivity index (χ1n) is 13.9. The van der Waals surface area contributed by atoms with E-state index in [4.69, 9.17) is 9.84 Å². The summed E-state index contributed by atoms with van der Waals surface area (Å²) in [6, 6.07) is 15.4. The van der Waals surface area contributed by atoms with Crippen LogP contribution in [-0.4, -0.2) is 103 Å². The number of carbonyl (C=O) groups is 2. The second-order valence-corrected chi connectivity index (χ2v) is 9.26. The van der Waals surface area contributed by atoms with Crippen LogP contribution < -0.4 is 10.1 Å². The molecule has 2 aromatic rings. The summed E-state index contributed by atoms with van der Waals surface area (Å²) in [4.78, 5) is 31.4. The van der Waals surface area contributed by atoms with E-state index in [1.807, 2.05) is 42.5 Å². The quantitative estimate of drug-likeness (QED) is 0.305. The smallest absolute Gasteiger partial charge is 0.322 e. The molecule has 2 aromatic carbocycles. The number of benzene rings is 2. The van der Waals surface area contributed by atoms with Gasteiger partial charge in [-0.2, -0.15) is 0 Å². The normalized spacial score (nSPS) is 12.2. The Morgan fingerprint density at radius 3 is 2.05 bits per heavy atom. The van der Waals surface area contributed by atoms with Crippen molar-refractivity contribution in [3.05, 3.63) is 54.1 Å². The molecule has 0 saturated carbocycles. The molecule has 1 atom stereocenters. The topological polar surface area (TPSA) is 85.3 Å². The minimum atomic E-state index is -1.09. The average molecular weight is 527 g/mol. The Kier molecular flexibility index (Phi) is 13.8. The van der Waals surface area contributed by atoms with Crippen molar-refractivity contribution in [2.75, 3.05) is 65.5 Å². The molecule has 0 spiro atoms. The standard InChI is InChI=1S/C30H46N4O4/c1-6-32(7-2)18-19-33(8-3)22-26(34(9-4)10-5)23-38-28-17-16-25(24-14-12-11-13-15-24)20-27(28)30(37)31-21-29(35)36/h11-17,20,26H,6-10,18-19,21-23H2,1-5H3,(H,31,37)(H,35,36). The number of carboxylic acid groups (broad SMARTS) is 1. The van der Waals surface area contributed by atoms with Crippen molar-refractivity contribution in [2.24, 2.45) is 0 Å². The molecular formula is C30H46N4O4. The second kappa shape index (κ2) is 16.8. The van der Waals surface area contributed by atoms with Crippen LogP contribution in [0.2, 0.25) is 0 Å². The Balaban J connectivity index is 2.26. The number of ether oxygens (including phenoxy) is 1. The van der Waals surface area contributed by atoms with Gasteiger partial charge in [-0.1, -0.05) is 71.0 Å². The van der Waals surface area contributed by atoms with Gasteiger partial charge in [0.1, 0.15) is 18.9 Å². The zero-order valence-electron chi connectivity index (χ0n) is 23.8. The SMILES string of the molecule is CCN(CC)CCN(CC)CC(COc1ccc(-c2ccccc2)cc1C(=O)NCC(=O)O)N(CC)CC. The number of hydrogen-bond donors (Lipinski definition) is 2. The number of aliphatic carboxylic acids is 1. The van der Waals surface area contributed by atoms with Crippen LogP contribution in [0.15, 0.2) is 48.5 Å². The molecule has 1 amide bonds. The minimum Gasteiger partial charge on any atom is -0.491 e. The zero-order valence-corrected chi connectivity index (χ0v) is 23.8. The fourth-order valence-electron chi connectivity index (χ4n) is 4.59. The molecule has 0 radical (unpaired) electrons. The lowest BCUT2D eigenvalue weighted by atomic mass is 10.0. The Bertz CT molecular complexity index is 977. The molecule has 0 aliphatic carbocycles. The van der Waals surface area contributed by atoms with Crippen LogP contribution in [0.3, 0.4) is 0 Å².